The molecule has 0 atom stereocenters. The summed E-state index contributed by atoms with van der Waals surface area (Å²) in [4.78, 5) is -2.84. The van der Waals surface area contributed by atoms with E-state index in [1.54, 1.807) is 0 Å². The van der Waals surface area contributed by atoms with E-state index in [9.17, 15) is 44.0 Å². The van der Waals surface area contributed by atoms with Gasteiger partial charge in [0.15, 0.2) is 0 Å². The van der Waals surface area contributed by atoms with E-state index < -0.39 is 50.8 Å². The molecular formula is C19H11Na3O10S3. The molecule has 10 nitrogen and oxygen atoms in total. The molecule has 0 bridgehead atoms. The number of benzene rings is 4. The topological polar surface area (TPSA) is 192 Å². The van der Waals surface area contributed by atoms with Crippen molar-refractivity contribution in [3.8, 4) is 5.75 Å². The fraction of sp³-hybridized carbons (Fsp3) is 0.0526. The second-order valence-electron chi connectivity index (χ2n) is 6.96. The van der Waals surface area contributed by atoms with Gasteiger partial charge in [0.05, 0.1) is 14.7 Å². The minimum absolute atomic E-state index is 0. The fourth-order valence-corrected chi connectivity index (χ4v) is 6.43. The van der Waals surface area contributed by atoms with E-state index in [-0.39, 0.29) is 133 Å². The van der Waals surface area contributed by atoms with E-state index in [1.807, 2.05) is 0 Å². The van der Waals surface area contributed by atoms with Crippen molar-refractivity contribution in [3.05, 3.63) is 48.6 Å². The molecule has 0 aliphatic rings. The first-order valence-electron chi connectivity index (χ1n) is 8.65. The predicted octanol–water partition coefficient (Wildman–Crippen LogP) is -7.26. The Labute approximate surface area is 267 Å². The maximum Gasteiger partial charge on any atom is 1.00 e. The van der Waals surface area contributed by atoms with Crippen LogP contribution in [0.4, 0.5) is 0 Å². The van der Waals surface area contributed by atoms with Crippen LogP contribution < -0.4 is 88.7 Å². The smallest absolute Gasteiger partial charge is 0.744 e. The summed E-state index contributed by atoms with van der Waals surface area (Å²) in [5, 5.41) is 9.41. The van der Waals surface area contributed by atoms with Crippen molar-refractivity contribution >= 4 is 62.7 Å². The zero-order valence-corrected chi connectivity index (χ0v) is 27.2. The molecule has 35 heavy (non-hydrogen) atoms. The van der Waals surface area contributed by atoms with Crippen molar-refractivity contribution in [2.75, 3.05) is 0 Å². The van der Waals surface area contributed by atoms with E-state index in [4.69, 9.17) is 0 Å². The molecule has 4 aromatic carbocycles. The molecule has 0 saturated carbocycles. The van der Waals surface area contributed by atoms with Crippen LogP contribution >= 0.6 is 0 Å². The summed E-state index contributed by atoms with van der Waals surface area (Å²) in [6.45, 7) is 3.47. The first kappa shape index (κ1) is 33.2. The van der Waals surface area contributed by atoms with E-state index in [2.05, 4.69) is 6.58 Å². The molecule has 0 amide bonds. The van der Waals surface area contributed by atoms with Crippen molar-refractivity contribution in [2.24, 2.45) is 0 Å². The summed E-state index contributed by atoms with van der Waals surface area (Å²) >= 11 is 0. The Balaban J connectivity index is 0.00000204. The average Bonchev–Trinajstić information content (AvgIpc) is 2.65. The number of aromatic hydroxyl groups is 1. The second kappa shape index (κ2) is 11.1. The summed E-state index contributed by atoms with van der Waals surface area (Å²) in [6.07, 6.45) is 1.05. The second-order valence-corrected chi connectivity index (χ2v) is 11.0. The molecule has 4 aromatic rings. The van der Waals surface area contributed by atoms with Gasteiger partial charge in [0.2, 0.25) is 0 Å². The van der Waals surface area contributed by atoms with Crippen molar-refractivity contribution in [1.82, 2.24) is 0 Å². The summed E-state index contributed by atoms with van der Waals surface area (Å²) in [5.74, 6) is -0.622. The number of allylic oxidation sites excluding steroid dienone is 1. The standard InChI is InChI=1S/C19H14O10S3.3Na/c1-2-3-13-18(20)11-6-4-9-14(30(21,22)23)8-15(31(24,25)26)10-5-7-12(17(11)16(9)10)19(13)32(27,28)29;;;/h2,4-8,20H,1,3H2,(H,21,22,23)(H,24,25,26)(H,27,28,29);;;/q;3*+1/p-3. The van der Waals surface area contributed by atoms with Crippen LogP contribution in [-0.4, -0.2) is 44.0 Å². The Morgan fingerprint density at radius 2 is 1.11 bits per heavy atom. The van der Waals surface area contributed by atoms with Crippen LogP contribution in [0.1, 0.15) is 5.56 Å². The van der Waals surface area contributed by atoms with Crippen LogP contribution in [0.5, 0.6) is 5.75 Å². The molecule has 1 N–H and O–H groups in total. The van der Waals surface area contributed by atoms with Crippen LogP contribution in [-0.2, 0) is 36.8 Å². The van der Waals surface area contributed by atoms with Gasteiger partial charge in [0, 0.05) is 37.9 Å². The largest absolute Gasteiger partial charge is 1.00 e. The number of phenolic OH excluding ortho intramolecular Hbond substituents is 1. The van der Waals surface area contributed by atoms with Gasteiger partial charge >= 0.3 is 88.7 Å². The monoisotopic (exact) mass is 564 g/mol. The Hall–Kier alpha value is 0.190. The SMILES string of the molecule is C=CCc1c(O)c2ccc3c(S(=O)(=O)[O-])cc(S(=O)(=O)[O-])c4ccc(c1S(=O)(=O)[O-])c2c34.[Na+].[Na+].[Na+]. The summed E-state index contributed by atoms with van der Waals surface area (Å²) in [6, 6.07) is 4.90. The molecule has 16 heteroatoms. The Morgan fingerprint density at radius 3 is 1.51 bits per heavy atom. The van der Waals surface area contributed by atoms with Crippen LogP contribution in [0, 0.1) is 0 Å². The van der Waals surface area contributed by atoms with E-state index >= 15 is 0 Å². The van der Waals surface area contributed by atoms with Crippen LogP contribution in [0.3, 0.4) is 0 Å². The molecule has 4 rings (SSSR count). The minimum atomic E-state index is -5.28. The molecule has 0 saturated heterocycles. The molecule has 0 aromatic heterocycles. The first-order chi connectivity index (χ1) is 14.7. The van der Waals surface area contributed by atoms with Gasteiger partial charge in [-0.3, -0.25) is 0 Å². The normalized spacial score (nSPS) is 12.2. The van der Waals surface area contributed by atoms with Gasteiger partial charge in [-0.1, -0.05) is 24.3 Å². The number of phenols is 1. The molecule has 0 unspecified atom stereocenters. The first-order valence-corrected chi connectivity index (χ1v) is 12.9. The predicted molar refractivity (Wildman–Crippen MR) is 110 cm³/mol. The fourth-order valence-electron chi connectivity index (χ4n) is 4.03. The minimum Gasteiger partial charge on any atom is -0.744 e. The van der Waals surface area contributed by atoms with Gasteiger partial charge in [-0.25, -0.2) is 25.3 Å². The van der Waals surface area contributed by atoms with Crippen molar-refractivity contribution in [3.63, 3.8) is 0 Å². The Morgan fingerprint density at radius 1 is 0.714 bits per heavy atom. The molecule has 0 aliphatic carbocycles. The van der Waals surface area contributed by atoms with E-state index in [0.29, 0.717) is 6.07 Å². The van der Waals surface area contributed by atoms with Gasteiger partial charge in [0.25, 0.3) is 0 Å². The number of hydrogen-bond donors (Lipinski definition) is 1. The van der Waals surface area contributed by atoms with Gasteiger partial charge in [-0.05, 0) is 18.6 Å². The third-order valence-electron chi connectivity index (χ3n) is 5.15. The van der Waals surface area contributed by atoms with Crippen molar-refractivity contribution in [1.29, 1.82) is 0 Å². The van der Waals surface area contributed by atoms with Crippen molar-refractivity contribution in [2.45, 2.75) is 21.1 Å². The maximum absolute atomic E-state index is 12.1. The van der Waals surface area contributed by atoms with E-state index in [1.165, 1.54) is 12.1 Å². The quantitative estimate of drug-likeness (QED) is 0.105. The van der Waals surface area contributed by atoms with Gasteiger partial charge < -0.3 is 18.8 Å². The van der Waals surface area contributed by atoms with E-state index in [0.717, 1.165) is 18.2 Å². The molecule has 0 spiro atoms. The van der Waals surface area contributed by atoms with Gasteiger partial charge in [-0.15, -0.1) is 6.58 Å². The summed E-state index contributed by atoms with van der Waals surface area (Å²) in [7, 11) is -15.8. The van der Waals surface area contributed by atoms with Gasteiger partial charge in [0.1, 0.15) is 36.1 Å². The molecule has 0 heterocycles. The third kappa shape index (κ3) is 5.65. The van der Waals surface area contributed by atoms with Crippen LogP contribution in [0.15, 0.2) is 57.7 Å². The zero-order valence-electron chi connectivity index (χ0n) is 18.7. The molecule has 168 valence electrons. The summed E-state index contributed by atoms with van der Waals surface area (Å²) < 4.78 is 107. The zero-order chi connectivity index (χ0) is 23.8. The van der Waals surface area contributed by atoms with Gasteiger partial charge in [-0.2, -0.15) is 0 Å². The average molecular weight is 564 g/mol. The van der Waals surface area contributed by atoms with Crippen LogP contribution in [0.25, 0.3) is 32.3 Å². The van der Waals surface area contributed by atoms with Crippen LogP contribution in [0.2, 0.25) is 0 Å². The summed E-state index contributed by atoms with van der Waals surface area (Å²) in [5.41, 5.74) is -0.255. The molecule has 0 fully saturated rings. The maximum atomic E-state index is 12.1. The van der Waals surface area contributed by atoms with Crippen molar-refractivity contribution < 1.29 is 133 Å². The molecule has 0 radical (unpaired) electrons. The molecular weight excluding hydrogens is 553 g/mol. The number of hydrogen-bond acceptors (Lipinski definition) is 10. The third-order valence-corrected chi connectivity index (χ3v) is 7.87. The Bertz CT molecular complexity index is 1750. The number of rotatable bonds is 5. The Kier molecular flexibility index (Phi) is 10.6. The molecule has 0 aliphatic heterocycles.